The first kappa shape index (κ1) is 65.5. The van der Waals surface area contributed by atoms with Crippen LogP contribution < -0.4 is 5.73 Å². The monoisotopic (exact) mass is 958 g/mol. The average molecular weight is 959 g/mol. The molecule has 0 bridgehead atoms. The minimum atomic E-state index is -4.28. The molecule has 0 aromatic carbocycles. The molecule has 0 saturated heterocycles. The van der Waals surface area contributed by atoms with E-state index in [2.05, 4.69) is 13.8 Å². The van der Waals surface area contributed by atoms with Gasteiger partial charge in [-0.25, -0.2) is 4.57 Å². The SMILES string of the molecule is CCCCCCCCCCCCCCCCCCCCCCCCCCC(=O)OC(COCCCCCCCCCCCCCCCCCCCCCCCCC)COP(=O)(O)OCCN. The van der Waals surface area contributed by atoms with E-state index >= 15 is 0 Å². The Balaban J connectivity index is 3.80. The van der Waals surface area contributed by atoms with Gasteiger partial charge in [-0.2, -0.15) is 0 Å². The molecule has 0 radical (unpaired) electrons. The fraction of sp³-hybridized carbons (Fsp3) is 0.982. The highest BCUT2D eigenvalue weighted by molar-refractivity contribution is 7.47. The molecule has 9 heteroatoms. The first-order valence-electron chi connectivity index (χ1n) is 29.5. The van der Waals surface area contributed by atoms with Gasteiger partial charge in [-0.1, -0.05) is 303 Å². The Morgan fingerprint density at radius 1 is 0.394 bits per heavy atom. The Bertz CT molecular complexity index is 986. The van der Waals surface area contributed by atoms with Crippen molar-refractivity contribution < 1.29 is 32.8 Å². The maximum absolute atomic E-state index is 12.7. The number of phosphoric ester groups is 1. The van der Waals surface area contributed by atoms with Crippen LogP contribution in [-0.2, 0) is 27.9 Å². The highest BCUT2D eigenvalue weighted by Gasteiger charge is 2.25. The number of carbonyl (C=O) groups is 1. The molecule has 0 heterocycles. The number of hydrogen-bond acceptors (Lipinski definition) is 7. The van der Waals surface area contributed by atoms with Gasteiger partial charge in [-0.15, -0.1) is 0 Å². The van der Waals surface area contributed by atoms with Gasteiger partial charge in [0, 0.05) is 19.6 Å². The number of esters is 1. The van der Waals surface area contributed by atoms with Gasteiger partial charge in [0.2, 0.25) is 0 Å². The summed E-state index contributed by atoms with van der Waals surface area (Å²) >= 11 is 0. The average Bonchev–Trinajstić information content (AvgIpc) is 3.31. The first-order valence-corrected chi connectivity index (χ1v) is 31.0. The minimum absolute atomic E-state index is 0.0895. The van der Waals surface area contributed by atoms with E-state index in [-0.39, 0.29) is 32.3 Å². The molecule has 66 heavy (non-hydrogen) atoms. The van der Waals surface area contributed by atoms with Crippen molar-refractivity contribution in [2.75, 3.05) is 33.0 Å². The third-order valence-electron chi connectivity index (χ3n) is 13.5. The second kappa shape index (κ2) is 55.4. The standard InChI is InChI=1S/C57H116NO7P/c1-3-5-7-9-11-13-15-17-19-21-23-25-27-28-30-32-34-36-38-40-42-44-46-48-50-57(59)65-56(55-64-66(60,61)63-53-51-58)54-62-52-49-47-45-43-41-39-37-35-33-31-29-26-24-22-20-18-16-14-12-10-8-6-4-2/h56H,3-55,58H2,1-2H3,(H,60,61). The molecule has 0 fully saturated rings. The fourth-order valence-electron chi connectivity index (χ4n) is 9.18. The lowest BCUT2D eigenvalue weighted by molar-refractivity contribution is -0.154. The second-order valence-corrected chi connectivity index (χ2v) is 21.7. The van der Waals surface area contributed by atoms with Crippen molar-refractivity contribution in [1.29, 1.82) is 0 Å². The van der Waals surface area contributed by atoms with Crippen LogP contribution in [0.3, 0.4) is 0 Å². The summed E-state index contributed by atoms with van der Waals surface area (Å²) in [6.45, 7) is 5.03. The van der Waals surface area contributed by atoms with E-state index in [1.165, 1.54) is 270 Å². The first-order chi connectivity index (χ1) is 32.4. The molecule has 0 saturated carbocycles. The second-order valence-electron chi connectivity index (χ2n) is 20.2. The third kappa shape index (κ3) is 54.4. The van der Waals surface area contributed by atoms with Crippen LogP contribution >= 0.6 is 7.82 Å². The van der Waals surface area contributed by atoms with Crippen molar-refractivity contribution in [3.05, 3.63) is 0 Å². The van der Waals surface area contributed by atoms with Gasteiger partial charge in [0.05, 0.1) is 19.8 Å². The summed E-state index contributed by atoms with van der Waals surface area (Å²) in [7, 11) is -4.28. The van der Waals surface area contributed by atoms with E-state index in [0.29, 0.717) is 13.0 Å². The number of hydrogen-bond donors (Lipinski definition) is 2. The van der Waals surface area contributed by atoms with Crippen LogP contribution in [0.25, 0.3) is 0 Å². The molecule has 0 aromatic rings. The summed E-state index contributed by atoms with van der Waals surface area (Å²) < 4.78 is 33.7. The zero-order valence-electron chi connectivity index (χ0n) is 44.5. The van der Waals surface area contributed by atoms with Crippen LogP contribution in [0.5, 0.6) is 0 Å². The molecule has 396 valence electrons. The molecule has 0 amide bonds. The summed E-state index contributed by atoms with van der Waals surface area (Å²) in [4.78, 5) is 22.7. The molecule has 3 N–H and O–H groups in total. The van der Waals surface area contributed by atoms with Crippen LogP contribution in [0.4, 0.5) is 0 Å². The Labute approximate surface area is 411 Å². The molecule has 0 aliphatic rings. The van der Waals surface area contributed by atoms with E-state index in [9.17, 15) is 14.3 Å². The van der Waals surface area contributed by atoms with E-state index in [0.717, 1.165) is 32.1 Å². The molecule has 0 aromatic heterocycles. The highest BCUT2D eigenvalue weighted by Crippen LogP contribution is 2.43. The lowest BCUT2D eigenvalue weighted by Gasteiger charge is -2.20. The largest absolute Gasteiger partial charge is 0.472 e. The van der Waals surface area contributed by atoms with Crippen molar-refractivity contribution in [3.8, 4) is 0 Å². The van der Waals surface area contributed by atoms with E-state index in [1.54, 1.807) is 0 Å². The number of carbonyl (C=O) groups excluding carboxylic acids is 1. The highest BCUT2D eigenvalue weighted by atomic mass is 31.2. The van der Waals surface area contributed by atoms with Crippen molar-refractivity contribution >= 4 is 13.8 Å². The minimum Gasteiger partial charge on any atom is -0.457 e. The van der Waals surface area contributed by atoms with Gasteiger partial charge in [0.25, 0.3) is 0 Å². The van der Waals surface area contributed by atoms with Crippen LogP contribution in [0.1, 0.15) is 322 Å². The van der Waals surface area contributed by atoms with Crippen molar-refractivity contribution in [2.45, 2.75) is 328 Å². The topological polar surface area (TPSA) is 117 Å². The molecule has 2 unspecified atom stereocenters. The number of rotatable bonds is 58. The normalized spacial score (nSPS) is 13.1. The number of ether oxygens (including phenoxy) is 2. The van der Waals surface area contributed by atoms with E-state index in [1.807, 2.05) is 0 Å². The lowest BCUT2D eigenvalue weighted by Crippen LogP contribution is -2.28. The Hall–Kier alpha value is -0.500. The Morgan fingerprint density at radius 2 is 0.667 bits per heavy atom. The molecule has 0 spiro atoms. The van der Waals surface area contributed by atoms with Crippen LogP contribution in [0, 0.1) is 0 Å². The van der Waals surface area contributed by atoms with E-state index < -0.39 is 13.9 Å². The lowest BCUT2D eigenvalue weighted by atomic mass is 10.0. The number of unbranched alkanes of at least 4 members (excludes halogenated alkanes) is 45. The summed E-state index contributed by atoms with van der Waals surface area (Å²) in [6.07, 6.45) is 63.1. The molecule has 0 aliphatic carbocycles. The van der Waals surface area contributed by atoms with Crippen LogP contribution in [0.2, 0.25) is 0 Å². The molecule has 0 aliphatic heterocycles. The van der Waals surface area contributed by atoms with E-state index in [4.69, 9.17) is 24.3 Å². The summed E-state index contributed by atoms with van der Waals surface area (Å²) in [5.74, 6) is -0.318. The van der Waals surface area contributed by atoms with Gasteiger partial charge < -0.3 is 20.1 Å². The fourth-order valence-corrected chi connectivity index (χ4v) is 9.95. The van der Waals surface area contributed by atoms with Gasteiger partial charge in [-0.05, 0) is 12.8 Å². The third-order valence-corrected chi connectivity index (χ3v) is 14.5. The quantitative estimate of drug-likeness (QED) is 0.0352. The predicted octanol–water partition coefficient (Wildman–Crippen LogP) is 18.8. The van der Waals surface area contributed by atoms with Crippen LogP contribution in [-0.4, -0.2) is 49.9 Å². The maximum Gasteiger partial charge on any atom is 0.472 e. The zero-order valence-corrected chi connectivity index (χ0v) is 45.4. The smallest absolute Gasteiger partial charge is 0.457 e. The zero-order chi connectivity index (χ0) is 48.0. The van der Waals surface area contributed by atoms with Crippen molar-refractivity contribution in [1.82, 2.24) is 0 Å². The maximum atomic E-state index is 12.7. The molecule has 2 atom stereocenters. The summed E-state index contributed by atoms with van der Waals surface area (Å²) in [6, 6.07) is 0. The molecular weight excluding hydrogens is 842 g/mol. The predicted molar refractivity (Wildman–Crippen MR) is 284 cm³/mol. The van der Waals surface area contributed by atoms with Gasteiger partial charge in [-0.3, -0.25) is 13.8 Å². The molecular formula is C57H116NO7P. The van der Waals surface area contributed by atoms with Gasteiger partial charge >= 0.3 is 13.8 Å². The van der Waals surface area contributed by atoms with Gasteiger partial charge in [0.1, 0.15) is 6.10 Å². The van der Waals surface area contributed by atoms with Gasteiger partial charge in [0.15, 0.2) is 0 Å². The summed E-state index contributed by atoms with van der Waals surface area (Å²) in [5, 5.41) is 0. The Morgan fingerprint density at radius 3 is 0.955 bits per heavy atom. The molecule has 0 rings (SSSR count). The van der Waals surface area contributed by atoms with Crippen LogP contribution in [0.15, 0.2) is 0 Å². The Kier molecular flexibility index (Phi) is 55.0. The number of phosphoric acid groups is 1. The summed E-state index contributed by atoms with van der Waals surface area (Å²) in [5.41, 5.74) is 5.41. The van der Waals surface area contributed by atoms with Crippen molar-refractivity contribution in [3.63, 3.8) is 0 Å². The van der Waals surface area contributed by atoms with Crippen molar-refractivity contribution in [2.24, 2.45) is 5.73 Å². The molecule has 8 nitrogen and oxygen atoms in total. The number of nitrogens with two attached hydrogens (primary N) is 1.